The van der Waals surface area contributed by atoms with Gasteiger partial charge in [-0.2, -0.15) is 0 Å². The Balaban J connectivity index is 2.22. The molecule has 4 nitrogen and oxygen atoms in total. The molecule has 19 heavy (non-hydrogen) atoms. The van der Waals surface area contributed by atoms with E-state index in [0.29, 0.717) is 11.4 Å². The normalized spacial score (nSPS) is 14.9. The molecule has 0 atom stereocenters. The molecule has 0 radical (unpaired) electrons. The summed E-state index contributed by atoms with van der Waals surface area (Å²) >= 11 is 0. The first-order chi connectivity index (χ1) is 9.13. The number of aromatic nitrogens is 3. The third-order valence-corrected chi connectivity index (χ3v) is 3.33. The average molecular weight is 265 g/mol. The van der Waals surface area contributed by atoms with Crippen LogP contribution in [0.3, 0.4) is 0 Å². The Morgan fingerprint density at radius 3 is 2.68 bits per heavy atom. The molecule has 0 bridgehead atoms. The Labute approximate surface area is 108 Å². The molecule has 6 heteroatoms. The zero-order valence-corrected chi connectivity index (χ0v) is 10.4. The molecule has 1 aromatic heterocycles. The van der Waals surface area contributed by atoms with Crippen molar-refractivity contribution in [2.75, 3.05) is 0 Å². The molecule has 100 valence electrons. The maximum absolute atomic E-state index is 14.1. The van der Waals surface area contributed by atoms with Crippen LogP contribution in [0.25, 0.3) is 11.4 Å². The average Bonchev–Trinajstić information content (AvgIpc) is 3.15. The maximum atomic E-state index is 14.1. The quantitative estimate of drug-likeness (QED) is 0.926. The molecular weight excluding hydrogens is 252 g/mol. The molecule has 0 amide bonds. The lowest BCUT2D eigenvalue weighted by Crippen LogP contribution is -2.06. The fourth-order valence-corrected chi connectivity index (χ4v) is 2.18. The molecule has 1 N–H and O–H groups in total. The van der Waals surface area contributed by atoms with Crippen LogP contribution in [0.15, 0.2) is 12.1 Å². The number of halogens is 2. The van der Waals surface area contributed by atoms with Gasteiger partial charge in [0, 0.05) is 6.04 Å². The molecule has 1 aromatic carbocycles. The van der Waals surface area contributed by atoms with Crippen LogP contribution in [0.5, 0.6) is 0 Å². The van der Waals surface area contributed by atoms with E-state index in [0.717, 1.165) is 12.8 Å². The molecule has 1 fully saturated rings. The van der Waals surface area contributed by atoms with Crippen molar-refractivity contribution in [2.24, 2.45) is 0 Å². The molecule has 0 saturated heterocycles. The van der Waals surface area contributed by atoms with Crippen molar-refractivity contribution in [1.82, 2.24) is 14.8 Å². The summed E-state index contributed by atoms with van der Waals surface area (Å²) in [6.45, 7) is 1.28. The number of benzene rings is 1. The molecular formula is C13H13F2N3O. The number of nitrogens with zero attached hydrogens (tertiary/aromatic N) is 3. The summed E-state index contributed by atoms with van der Waals surface area (Å²) in [6.07, 6.45) is 1.82. The minimum atomic E-state index is -0.665. The van der Waals surface area contributed by atoms with Crippen LogP contribution >= 0.6 is 0 Å². The number of aliphatic hydroxyl groups is 1. The SMILES string of the molecule is Cc1ccc(F)c(-c2nnc(CO)n2C2CC2)c1F. The van der Waals surface area contributed by atoms with E-state index in [4.69, 9.17) is 0 Å². The second kappa shape index (κ2) is 4.38. The lowest BCUT2D eigenvalue weighted by Gasteiger charge is -2.10. The van der Waals surface area contributed by atoms with Gasteiger partial charge in [0.15, 0.2) is 11.6 Å². The molecule has 3 rings (SSSR count). The van der Waals surface area contributed by atoms with E-state index in [2.05, 4.69) is 10.2 Å². The number of aliphatic hydroxyl groups excluding tert-OH is 1. The predicted octanol–water partition coefficient (Wildman–Crippen LogP) is 2.36. The van der Waals surface area contributed by atoms with E-state index in [-0.39, 0.29) is 24.0 Å². The number of hydrogen-bond acceptors (Lipinski definition) is 3. The highest BCUT2D eigenvalue weighted by atomic mass is 19.1. The van der Waals surface area contributed by atoms with E-state index >= 15 is 0 Å². The van der Waals surface area contributed by atoms with Gasteiger partial charge in [-0.05, 0) is 31.4 Å². The summed E-state index contributed by atoms with van der Waals surface area (Å²) in [5.74, 6) is -0.788. The summed E-state index contributed by atoms with van der Waals surface area (Å²) in [7, 11) is 0. The Morgan fingerprint density at radius 2 is 2.05 bits per heavy atom. The predicted molar refractivity (Wildman–Crippen MR) is 64.3 cm³/mol. The van der Waals surface area contributed by atoms with Gasteiger partial charge in [0.25, 0.3) is 0 Å². The minimum absolute atomic E-state index is 0.131. The summed E-state index contributed by atoms with van der Waals surface area (Å²) < 4.78 is 29.7. The fourth-order valence-electron chi connectivity index (χ4n) is 2.18. The van der Waals surface area contributed by atoms with Gasteiger partial charge in [-0.1, -0.05) is 6.07 Å². The molecule has 1 saturated carbocycles. The minimum Gasteiger partial charge on any atom is -0.388 e. The fraction of sp³-hybridized carbons (Fsp3) is 0.385. The highest BCUT2D eigenvalue weighted by Gasteiger charge is 2.31. The largest absolute Gasteiger partial charge is 0.388 e. The van der Waals surface area contributed by atoms with E-state index in [9.17, 15) is 13.9 Å². The van der Waals surface area contributed by atoms with Gasteiger partial charge in [-0.15, -0.1) is 10.2 Å². The number of rotatable bonds is 3. The van der Waals surface area contributed by atoms with Gasteiger partial charge in [0.1, 0.15) is 18.2 Å². The topological polar surface area (TPSA) is 50.9 Å². The van der Waals surface area contributed by atoms with Crippen molar-refractivity contribution in [2.45, 2.75) is 32.4 Å². The lowest BCUT2D eigenvalue weighted by atomic mass is 10.1. The smallest absolute Gasteiger partial charge is 0.170 e. The van der Waals surface area contributed by atoms with Crippen LogP contribution in [-0.4, -0.2) is 19.9 Å². The standard InChI is InChI=1S/C13H13F2N3O/c1-7-2-5-9(14)11(12(7)15)13-17-16-10(6-19)18(13)8-3-4-8/h2,5,8,19H,3-4,6H2,1H3. The number of aryl methyl sites for hydroxylation is 1. The van der Waals surface area contributed by atoms with Crippen LogP contribution in [0.4, 0.5) is 8.78 Å². The monoisotopic (exact) mass is 265 g/mol. The first kappa shape index (κ1) is 12.2. The molecule has 0 spiro atoms. The van der Waals surface area contributed by atoms with Crippen molar-refractivity contribution in [3.8, 4) is 11.4 Å². The first-order valence-corrected chi connectivity index (χ1v) is 6.13. The van der Waals surface area contributed by atoms with Crippen molar-refractivity contribution in [3.05, 3.63) is 35.2 Å². The second-order valence-corrected chi connectivity index (χ2v) is 4.75. The van der Waals surface area contributed by atoms with Crippen molar-refractivity contribution < 1.29 is 13.9 Å². The van der Waals surface area contributed by atoms with Gasteiger partial charge in [0.2, 0.25) is 0 Å². The summed E-state index contributed by atoms with van der Waals surface area (Å²) in [6, 6.07) is 2.74. The van der Waals surface area contributed by atoms with Crippen molar-refractivity contribution in [3.63, 3.8) is 0 Å². The molecule has 0 aliphatic heterocycles. The first-order valence-electron chi connectivity index (χ1n) is 6.13. The van der Waals surface area contributed by atoms with Crippen LogP contribution in [-0.2, 0) is 6.61 Å². The van der Waals surface area contributed by atoms with Gasteiger partial charge in [-0.25, -0.2) is 8.78 Å². The lowest BCUT2D eigenvalue weighted by molar-refractivity contribution is 0.265. The Bertz CT molecular complexity index is 635. The Kier molecular flexibility index (Phi) is 2.82. The van der Waals surface area contributed by atoms with Crippen LogP contribution in [0, 0.1) is 18.6 Å². The van der Waals surface area contributed by atoms with Crippen LogP contribution in [0.2, 0.25) is 0 Å². The summed E-state index contributed by atoms with van der Waals surface area (Å²) in [5.41, 5.74) is 0.186. The van der Waals surface area contributed by atoms with E-state index < -0.39 is 11.6 Å². The Morgan fingerprint density at radius 1 is 1.32 bits per heavy atom. The van der Waals surface area contributed by atoms with E-state index in [1.54, 1.807) is 11.5 Å². The van der Waals surface area contributed by atoms with E-state index in [1.165, 1.54) is 12.1 Å². The summed E-state index contributed by atoms with van der Waals surface area (Å²) in [5, 5.41) is 16.9. The zero-order chi connectivity index (χ0) is 13.6. The molecule has 1 heterocycles. The molecule has 1 aliphatic rings. The zero-order valence-electron chi connectivity index (χ0n) is 10.4. The molecule has 0 unspecified atom stereocenters. The summed E-state index contributed by atoms with van der Waals surface area (Å²) in [4.78, 5) is 0. The Hall–Kier alpha value is -1.82. The maximum Gasteiger partial charge on any atom is 0.170 e. The van der Waals surface area contributed by atoms with Crippen molar-refractivity contribution >= 4 is 0 Å². The van der Waals surface area contributed by atoms with Gasteiger partial charge < -0.3 is 9.67 Å². The van der Waals surface area contributed by atoms with Gasteiger partial charge >= 0.3 is 0 Å². The van der Waals surface area contributed by atoms with Crippen LogP contribution < -0.4 is 0 Å². The van der Waals surface area contributed by atoms with Crippen LogP contribution in [0.1, 0.15) is 30.3 Å². The second-order valence-electron chi connectivity index (χ2n) is 4.75. The highest BCUT2D eigenvalue weighted by Crippen LogP contribution is 2.40. The highest BCUT2D eigenvalue weighted by molar-refractivity contribution is 5.59. The molecule has 2 aromatic rings. The van der Waals surface area contributed by atoms with Gasteiger partial charge in [0.05, 0.1) is 5.56 Å². The van der Waals surface area contributed by atoms with Crippen molar-refractivity contribution in [1.29, 1.82) is 0 Å². The van der Waals surface area contributed by atoms with E-state index in [1.807, 2.05) is 0 Å². The third kappa shape index (κ3) is 1.92. The molecule has 1 aliphatic carbocycles. The van der Waals surface area contributed by atoms with Gasteiger partial charge in [-0.3, -0.25) is 0 Å². The number of hydrogen-bond donors (Lipinski definition) is 1. The third-order valence-electron chi connectivity index (χ3n) is 3.33.